The van der Waals surface area contributed by atoms with Crippen LogP contribution in [0.5, 0.6) is 0 Å². The molecule has 1 aromatic heterocycles. The molecule has 1 unspecified atom stereocenters. The first kappa shape index (κ1) is 14.0. The Bertz CT molecular complexity index is 341. The molecule has 1 N–H and O–H groups in total. The van der Waals surface area contributed by atoms with Crippen LogP contribution in [0, 0.1) is 5.92 Å². The van der Waals surface area contributed by atoms with E-state index in [0.29, 0.717) is 6.04 Å². The Hall–Kier alpha value is -0.380. The Morgan fingerprint density at radius 2 is 2.22 bits per heavy atom. The van der Waals surface area contributed by atoms with Crippen molar-refractivity contribution in [2.75, 3.05) is 13.7 Å². The van der Waals surface area contributed by atoms with Gasteiger partial charge in [-0.3, -0.25) is 0 Å². The van der Waals surface area contributed by atoms with Crippen LogP contribution >= 0.6 is 11.3 Å². The van der Waals surface area contributed by atoms with Gasteiger partial charge in [0.2, 0.25) is 0 Å². The lowest BCUT2D eigenvalue weighted by Crippen LogP contribution is -2.47. The van der Waals surface area contributed by atoms with E-state index < -0.39 is 0 Å². The molecule has 1 atom stereocenters. The van der Waals surface area contributed by atoms with E-state index in [0.717, 1.165) is 12.5 Å². The predicted molar refractivity (Wildman–Crippen MR) is 78.1 cm³/mol. The molecule has 0 bridgehead atoms. The van der Waals surface area contributed by atoms with Crippen molar-refractivity contribution in [2.24, 2.45) is 5.92 Å². The van der Waals surface area contributed by atoms with Gasteiger partial charge in [0.15, 0.2) is 0 Å². The number of hydrogen-bond donors (Lipinski definition) is 1. The van der Waals surface area contributed by atoms with Crippen LogP contribution in [0.15, 0.2) is 17.5 Å². The summed E-state index contributed by atoms with van der Waals surface area (Å²) in [4.78, 5) is 1.41. The highest BCUT2D eigenvalue weighted by molar-refractivity contribution is 7.10. The van der Waals surface area contributed by atoms with Gasteiger partial charge in [-0.2, -0.15) is 0 Å². The summed E-state index contributed by atoms with van der Waals surface area (Å²) in [6.45, 7) is 5.52. The molecule has 0 saturated heterocycles. The molecule has 0 aromatic carbocycles. The van der Waals surface area contributed by atoms with Gasteiger partial charge in [0.25, 0.3) is 0 Å². The second-order valence-corrected chi connectivity index (χ2v) is 6.44. The van der Waals surface area contributed by atoms with Gasteiger partial charge in [-0.05, 0) is 49.6 Å². The maximum absolute atomic E-state index is 6.01. The van der Waals surface area contributed by atoms with Gasteiger partial charge >= 0.3 is 0 Å². The summed E-state index contributed by atoms with van der Waals surface area (Å²) in [6, 6.07) is 4.72. The van der Waals surface area contributed by atoms with E-state index in [9.17, 15) is 0 Å². The normalized spacial score (nSPS) is 30.3. The Morgan fingerprint density at radius 1 is 1.50 bits per heavy atom. The van der Waals surface area contributed by atoms with E-state index in [1.165, 1.54) is 30.6 Å². The number of nitrogens with one attached hydrogen (secondary N) is 1. The molecule has 1 heterocycles. The summed E-state index contributed by atoms with van der Waals surface area (Å²) in [5, 5.41) is 5.81. The second kappa shape index (κ2) is 6.18. The maximum Gasteiger partial charge on any atom is 0.0880 e. The summed E-state index contributed by atoms with van der Waals surface area (Å²) in [6.07, 6.45) is 4.89. The summed E-state index contributed by atoms with van der Waals surface area (Å²) in [5.41, 5.74) is -0.00657. The van der Waals surface area contributed by atoms with E-state index in [-0.39, 0.29) is 5.60 Å². The third kappa shape index (κ3) is 2.79. The van der Waals surface area contributed by atoms with Crippen molar-refractivity contribution in [3.63, 3.8) is 0 Å². The fourth-order valence-electron chi connectivity index (χ4n) is 3.07. The second-order valence-electron chi connectivity index (χ2n) is 5.46. The van der Waals surface area contributed by atoms with E-state index in [2.05, 4.69) is 36.7 Å². The van der Waals surface area contributed by atoms with E-state index in [4.69, 9.17) is 4.74 Å². The highest BCUT2D eigenvalue weighted by atomic mass is 32.1. The van der Waals surface area contributed by atoms with Crippen LogP contribution in [0.3, 0.4) is 0 Å². The minimum absolute atomic E-state index is 0.00657. The van der Waals surface area contributed by atoms with Crippen LogP contribution in [0.25, 0.3) is 0 Å². The number of methoxy groups -OCH3 is 1. The van der Waals surface area contributed by atoms with Gasteiger partial charge < -0.3 is 10.1 Å². The molecular weight excluding hydrogens is 242 g/mol. The number of thiophene rings is 1. The minimum atomic E-state index is -0.00657. The van der Waals surface area contributed by atoms with Gasteiger partial charge in [0.1, 0.15) is 0 Å². The van der Waals surface area contributed by atoms with Crippen molar-refractivity contribution in [3.05, 3.63) is 22.4 Å². The zero-order chi connectivity index (χ0) is 13.0. The first-order valence-corrected chi connectivity index (χ1v) is 7.91. The van der Waals surface area contributed by atoms with E-state index >= 15 is 0 Å². The maximum atomic E-state index is 6.01. The molecule has 3 heteroatoms. The largest absolute Gasteiger partial charge is 0.376 e. The lowest BCUT2D eigenvalue weighted by molar-refractivity contribution is -0.0749. The number of ether oxygens (including phenoxy) is 1. The molecule has 1 aromatic rings. The monoisotopic (exact) mass is 267 g/mol. The van der Waals surface area contributed by atoms with Crippen LogP contribution in [0.4, 0.5) is 0 Å². The highest BCUT2D eigenvalue weighted by Crippen LogP contribution is 2.43. The van der Waals surface area contributed by atoms with Gasteiger partial charge in [0, 0.05) is 12.0 Å². The molecule has 1 aliphatic rings. The molecule has 0 amide bonds. The number of rotatable bonds is 5. The van der Waals surface area contributed by atoms with Crippen LogP contribution in [-0.2, 0) is 4.74 Å². The van der Waals surface area contributed by atoms with Crippen molar-refractivity contribution in [1.29, 1.82) is 0 Å². The third-order valence-corrected chi connectivity index (χ3v) is 5.23. The molecule has 102 valence electrons. The Balaban J connectivity index is 2.21. The minimum Gasteiger partial charge on any atom is -0.376 e. The first-order chi connectivity index (χ1) is 8.72. The average molecular weight is 267 g/mol. The molecule has 1 saturated carbocycles. The first-order valence-electron chi connectivity index (χ1n) is 7.04. The molecule has 2 nitrogen and oxygen atoms in total. The molecule has 1 aliphatic carbocycles. The van der Waals surface area contributed by atoms with Gasteiger partial charge in [0.05, 0.1) is 11.6 Å². The van der Waals surface area contributed by atoms with Crippen molar-refractivity contribution >= 4 is 11.3 Å². The molecule has 18 heavy (non-hydrogen) atoms. The zero-order valence-electron chi connectivity index (χ0n) is 11.7. The van der Waals surface area contributed by atoms with Gasteiger partial charge in [-0.25, -0.2) is 0 Å². The average Bonchev–Trinajstić information content (AvgIpc) is 2.91. The van der Waals surface area contributed by atoms with Crippen LogP contribution in [-0.4, -0.2) is 19.3 Å². The molecule has 2 rings (SSSR count). The topological polar surface area (TPSA) is 21.3 Å². The fourth-order valence-corrected chi connectivity index (χ4v) is 3.97. The smallest absolute Gasteiger partial charge is 0.0880 e. The molecule has 1 fully saturated rings. The quantitative estimate of drug-likeness (QED) is 0.871. The Labute approximate surface area is 115 Å². The SMILES string of the molecule is CCNC(c1cccs1)C1(OC)CCC(C)CC1. The summed E-state index contributed by atoms with van der Waals surface area (Å²) < 4.78 is 6.01. The third-order valence-electron chi connectivity index (χ3n) is 4.29. The van der Waals surface area contributed by atoms with Crippen molar-refractivity contribution in [3.8, 4) is 0 Å². The van der Waals surface area contributed by atoms with Crippen molar-refractivity contribution in [2.45, 2.75) is 51.2 Å². The fraction of sp³-hybridized carbons (Fsp3) is 0.733. The molecule has 0 spiro atoms. The summed E-state index contributed by atoms with van der Waals surface area (Å²) in [7, 11) is 1.88. The number of hydrogen-bond acceptors (Lipinski definition) is 3. The Morgan fingerprint density at radius 3 is 2.72 bits per heavy atom. The van der Waals surface area contributed by atoms with Crippen LogP contribution < -0.4 is 5.32 Å². The molecule has 0 radical (unpaired) electrons. The van der Waals surface area contributed by atoms with E-state index in [1.807, 2.05) is 18.4 Å². The van der Waals surface area contributed by atoms with Crippen molar-refractivity contribution < 1.29 is 4.74 Å². The van der Waals surface area contributed by atoms with Gasteiger partial charge in [-0.1, -0.05) is 19.9 Å². The van der Waals surface area contributed by atoms with E-state index in [1.54, 1.807) is 0 Å². The standard InChI is InChI=1S/C15H25NOS/c1-4-16-14(13-6-5-11-18-13)15(17-3)9-7-12(2)8-10-15/h5-6,11-12,14,16H,4,7-10H2,1-3H3. The summed E-state index contributed by atoms with van der Waals surface area (Å²) >= 11 is 1.84. The zero-order valence-corrected chi connectivity index (χ0v) is 12.6. The highest BCUT2D eigenvalue weighted by Gasteiger charge is 2.42. The molecular formula is C15H25NOS. The predicted octanol–water partition coefficient (Wildman–Crippen LogP) is 3.99. The summed E-state index contributed by atoms with van der Waals surface area (Å²) in [5.74, 6) is 0.846. The lowest BCUT2D eigenvalue weighted by Gasteiger charge is -2.44. The Kier molecular flexibility index (Phi) is 4.82. The van der Waals surface area contributed by atoms with Crippen LogP contribution in [0.2, 0.25) is 0 Å². The van der Waals surface area contributed by atoms with Gasteiger partial charge in [-0.15, -0.1) is 11.3 Å². The lowest BCUT2D eigenvalue weighted by atomic mass is 9.75. The number of likely N-dealkylation sites (N-methyl/N-ethyl adjacent to an activating group) is 1. The molecule has 0 aliphatic heterocycles. The van der Waals surface area contributed by atoms with Crippen molar-refractivity contribution in [1.82, 2.24) is 5.32 Å². The van der Waals surface area contributed by atoms with Crippen LogP contribution in [0.1, 0.15) is 50.4 Å².